The van der Waals surface area contributed by atoms with E-state index in [1.807, 2.05) is 24.5 Å². The van der Waals surface area contributed by atoms with E-state index >= 15 is 0 Å². The quantitative estimate of drug-likeness (QED) is 0.0360. The molecule has 0 radical (unpaired) electrons. The van der Waals surface area contributed by atoms with Crippen molar-refractivity contribution in [1.82, 2.24) is 51.1 Å². The summed E-state index contributed by atoms with van der Waals surface area (Å²) < 4.78 is 0. The lowest BCUT2D eigenvalue weighted by Crippen LogP contribution is -2.33. The first kappa shape index (κ1) is 103. The van der Waals surface area contributed by atoms with Gasteiger partial charge < -0.3 is 51.1 Å². The van der Waals surface area contributed by atoms with E-state index < -0.39 is 0 Å². The zero-order valence-electron chi connectivity index (χ0n) is 72.7. The third-order valence-corrected chi connectivity index (χ3v) is 22.2. The molecule has 5 fully saturated rings. The van der Waals surface area contributed by atoms with Gasteiger partial charge in [-0.1, -0.05) is 294 Å². The minimum Gasteiger partial charge on any atom is -0.356 e. The van der Waals surface area contributed by atoms with Crippen LogP contribution in [0.1, 0.15) is 390 Å². The van der Waals surface area contributed by atoms with Crippen molar-refractivity contribution >= 4 is 59.1 Å². The average molecular weight is 1550 g/mol. The van der Waals surface area contributed by atoms with Crippen molar-refractivity contribution in [3.8, 4) is 0 Å². The Bertz CT molecular complexity index is 2400. The topological polar surface area (TPSA) is 247 Å². The molecule has 0 aliphatic carbocycles. The van der Waals surface area contributed by atoms with Crippen LogP contribution in [0.2, 0.25) is 0 Å². The Morgan fingerprint density at radius 1 is 0.209 bits per heavy atom. The standard InChI is InChI=1S/C20H38N2O2.C19H36N2O2.C18H34N2O2.C17H32N2O2.C16H30N2O2/c1-3-5-7-8-9-10-11-12-13-15-22-17-18(16-19(22)23)20(24)21-14-6-4-2;1-3-5-7-8-9-10-11-12-14-21-16-17(15-18(21)22)19(23)20-13-6-4-2;1-3-5-7-8-9-10-11-13-20-15-16(14-17(20)21)18(22)19-12-6-4-2;1-3-5-7-8-9-10-12-19-14-15(13-16(19)20)17(21)18-11-6-4-2;1-3-5-7-8-9-11-18-13-14(12-15(18)19)16(20)17-10-6-4-2/h18H,3-17H2,1-2H3,(H,21,24);17H,3-16H2,1-2H3,(H,20,23);16H,3-15H2,1-2H3,(H,19,22);15H,3-14H2,1-2H3,(H,18,21);14H,3-13H2,1-2H3,(H,17,20). The molecule has 0 aromatic heterocycles. The Morgan fingerprint density at radius 3 is 0.473 bits per heavy atom. The Labute approximate surface area is 672 Å². The van der Waals surface area contributed by atoms with E-state index in [0.717, 1.165) is 162 Å². The molecule has 0 bridgehead atoms. The van der Waals surface area contributed by atoms with E-state index in [9.17, 15) is 47.9 Å². The van der Waals surface area contributed by atoms with Gasteiger partial charge in [-0.15, -0.1) is 0 Å². The molecule has 0 saturated carbocycles. The molecule has 5 aliphatic heterocycles. The van der Waals surface area contributed by atoms with Gasteiger partial charge in [-0.05, 0) is 64.2 Å². The first-order chi connectivity index (χ1) is 53.4. The molecule has 5 N–H and O–H groups in total. The Kier molecular flexibility index (Phi) is 65.7. The van der Waals surface area contributed by atoms with Crippen molar-refractivity contribution in [2.45, 2.75) is 390 Å². The summed E-state index contributed by atoms with van der Waals surface area (Å²) in [5.74, 6) is 0.411. The molecule has 5 rings (SSSR count). The maximum Gasteiger partial charge on any atom is 0.225 e. The molecule has 640 valence electrons. The molecule has 10 amide bonds. The van der Waals surface area contributed by atoms with Crippen molar-refractivity contribution in [2.75, 3.05) is 98.2 Å². The van der Waals surface area contributed by atoms with Crippen LogP contribution < -0.4 is 26.6 Å². The summed E-state index contributed by atoms with van der Waals surface area (Å²) in [6, 6.07) is 0. The van der Waals surface area contributed by atoms with E-state index in [4.69, 9.17) is 0 Å². The van der Waals surface area contributed by atoms with Gasteiger partial charge in [-0.25, -0.2) is 0 Å². The van der Waals surface area contributed by atoms with Crippen LogP contribution in [0.25, 0.3) is 0 Å². The Balaban J connectivity index is 0.000000688. The maximum atomic E-state index is 12.0. The van der Waals surface area contributed by atoms with E-state index in [1.165, 1.54) is 193 Å². The van der Waals surface area contributed by atoms with Gasteiger partial charge in [0, 0.05) is 130 Å². The van der Waals surface area contributed by atoms with Gasteiger partial charge in [0.2, 0.25) is 59.1 Å². The molecule has 110 heavy (non-hydrogen) atoms. The van der Waals surface area contributed by atoms with Gasteiger partial charge in [-0.2, -0.15) is 0 Å². The highest BCUT2D eigenvalue weighted by molar-refractivity contribution is 5.92. The summed E-state index contributed by atoms with van der Waals surface area (Å²) in [5.41, 5.74) is 0. The molecule has 5 unspecified atom stereocenters. The number of nitrogens with zero attached hydrogens (tertiary/aromatic N) is 5. The van der Waals surface area contributed by atoms with E-state index in [-0.39, 0.29) is 88.7 Å². The number of carbonyl (C=O) groups excluding carboxylic acids is 10. The highest BCUT2D eigenvalue weighted by Crippen LogP contribution is 2.25. The van der Waals surface area contributed by atoms with Gasteiger partial charge in [-0.3, -0.25) is 47.9 Å². The van der Waals surface area contributed by atoms with E-state index in [0.29, 0.717) is 64.8 Å². The molecule has 5 aliphatic rings. The summed E-state index contributed by atoms with van der Waals surface area (Å²) in [7, 11) is 0. The van der Waals surface area contributed by atoms with Crippen LogP contribution >= 0.6 is 0 Å². The fourth-order valence-corrected chi connectivity index (χ4v) is 14.8. The first-order valence-corrected chi connectivity index (χ1v) is 46.2. The number of unbranched alkanes of at least 4 members (excludes halogenated alkanes) is 35. The highest BCUT2D eigenvalue weighted by Gasteiger charge is 2.38. The van der Waals surface area contributed by atoms with Gasteiger partial charge in [0.05, 0.1) is 29.6 Å². The minimum absolute atomic E-state index is 0.0558. The van der Waals surface area contributed by atoms with Crippen molar-refractivity contribution in [2.24, 2.45) is 29.6 Å². The Morgan fingerprint density at radius 2 is 0.336 bits per heavy atom. The third-order valence-electron chi connectivity index (χ3n) is 22.2. The molecular formula is C90H170N10O10. The number of hydrogen-bond acceptors (Lipinski definition) is 10. The summed E-state index contributed by atoms with van der Waals surface area (Å²) in [6.07, 6.45) is 56.4. The summed E-state index contributed by atoms with van der Waals surface area (Å²) >= 11 is 0. The maximum absolute atomic E-state index is 12.0. The molecule has 5 heterocycles. The van der Waals surface area contributed by atoms with Gasteiger partial charge >= 0.3 is 0 Å². The predicted octanol–water partition coefficient (Wildman–Crippen LogP) is 17.5. The largest absolute Gasteiger partial charge is 0.356 e. The highest BCUT2D eigenvalue weighted by atomic mass is 16.2. The van der Waals surface area contributed by atoms with Crippen LogP contribution in [0.3, 0.4) is 0 Å². The second-order valence-electron chi connectivity index (χ2n) is 32.5. The molecule has 0 spiro atoms. The van der Waals surface area contributed by atoms with Gasteiger partial charge in [0.15, 0.2) is 0 Å². The smallest absolute Gasteiger partial charge is 0.225 e. The monoisotopic (exact) mass is 1550 g/mol. The van der Waals surface area contributed by atoms with Gasteiger partial charge in [0.25, 0.3) is 0 Å². The Hall–Kier alpha value is -5.30. The number of nitrogens with one attached hydrogen (secondary N) is 5. The fraction of sp³-hybridized carbons (Fsp3) is 0.889. The SMILES string of the molecule is CCCCCCCCCCCN1CC(C(=O)NCCCC)CC1=O.CCCCCCCCCCN1CC(C(=O)NCCCC)CC1=O.CCCCCCCCCN1CC(C(=O)NCCCC)CC1=O.CCCCCCCCN1CC(C(=O)NCCCC)CC1=O.CCCCCCCN1CC(C(=O)NCCCC)CC1=O. The summed E-state index contributed by atoms with van der Waals surface area (Å²) in [4.78, 5) is 129. The molecule has 5 atom stereocenters. The molecule has 20 heteroatoms. The fourth-order valence-electron chi connectivity index (χ4n) is 14.8. The van der Waals surface area contributed by atoms with Crippen LogP contribution in [-0.4, -0.2) is 182 Å². The third kappa shape index (κ3) is 50.7. The van der Waals surface area contributed by atoms with Crippen LogP contribution in [0.5, 0.6) is 0 Å². The second kappa shape index (κ2) is 70.3. The van der Waals surface area contributed by atoms with Crippen LogP contribution in [0, 0.1) is 29.6 Å². The number of rotatable bonds is 60. The lowest BCUT2D eigenvalue weighted by atomic mass is 10.1. The van der Waals surface area contributed by atoms with Crippen LogP contribution in [0.4, 0.5) is 0 Å². The number of hydrogen-bond donors (Lipinski definition) is 5. The van der Waals surface area contributed by atoms with Crippen molar-refractivity contribution < 1.29 is 47.9 Å². The minimum atomic E-state index is -0.132. The number of amides is 10. The van der Waals surface area contributed by atoms with Crippen molar-refractivity contribution in [3.63, 3.8) is 0 Å². The summed E-state index contributed by atoms with van der Waals surface area (Å²) in [5, 5.41) is 14.7. The van der Waals surface area contributed by atoms with Gasteiger partial charge in [0.1, 0.15) is 0 Å². The van der Waals surface area contributed by atoms with E-state index in [1.54, 1.807) is 0 Å². The lowest BCUT2D eigenvalue weighted by molar-refractivity contribution is -0.129. The average Bonchev–Trinajstić information content (AvgIpc) is 1.76. The summed E-state index contributed by atoms with van der Waals surface area (Å²) in [6.45, 7) is 32.5. The molecule has 0 aromatic carbocycles. The normalized spacial score (nSPS) is 18.0. The number of carbonyl (C=O) groups is 10. The van der Waals surface area contributed by atoms with Crippen molar-refractivity contribution in [3.05, 3.63) is 0 Å². The lowest BCUT2D eigenvalue weighted by Gasteiger charge is -2.16. The molecule has 20 nitrogen and oxygen atoms in total. The predicted molar refractivity (Wildman–Crippen MR) is 453 cm³/mol. The van der Waals surface area contributed by atoms with E-state index in [2.05, 4.69) is 95.8 Å². The molecular weight excluding hydrogens is 1380 g/mol. The van der Waals surface area contributed by atoms with Crippen molar-refractivity contribution in [1.29, 1.82) is 0 Å². The first-order valence-electron chi connectivity index (χ1n) is 46.2. The zero-order valence-corrected chi connectivity index (χ0v) is 72.7. The van der Waals surface area contributed by atoms with Crippen LogP contribution in [-0.2, 0) is 47.9 Å². The number of likely N-dealkylation sites (tertiary alicyclic amines) is 5. The van der Waals surface area contributed by atoms with Crippen LogP contribution in [0.15, 0.2) is 0 Å². The zero-order chi connectivity index (χ0) is 81.0. The molecule has 5 saturated heterocycles. The second-order valence-corrected chi connectivity index (χ2v) is 32.5. The molecule has 0 aromatic rings.